The number of hydrogen-bond acceptors (Lipinski definition) is 2. The maximum Gasteiger partial charge on any atom is 0.139 e. The monoisotopic (exact) mass is 285 g/mol. The Kier molecular flexibility index (Phi) is 3.92. The molecule has 1 N–H and O–H groups in total. The molecule has 3 nitrogen and oxygen atoms in total. The molecule has 0 radical (unpaired) electrons. The highest BCUT2D eigenvalue weighted by atomic mass is 15.1. The minimum absolute atomic E-state index is 0.638. The molecule has 1 aliphatic carbocycles. The van der Waals surface area contributed by atoms with Crippen LogP contribution in [0.15, 0.2) is 18.5 Å². The van der Waals surface area contributed by atoms with E-state index in [4.69, 9.17) is 0 Å². The highest BCUT2D eigenvalue weighted by Crippen LogP contribution is 2.37. The van der Waals surface area contributed by atoms with E-state index >= 15 is 0 Å². The number of aromatic amines is 1. The van der Waals surface area contributed by atoms with Crippen LogP contribution in [0.2, 0.25) is 0 Å². The van der Waals surface area contributed by atoms with E-state index in [2.05, 4.69) is 48.8 Å². The van der Waals surface area contributed by atoms with Gasteiger partial charge in [-0.05, 0) is 42.7 Å². The van der Waals surface area contributed by atoms with Gasteiger partial charge in [0.1, 0.15) is 5.65 Å². The number of H-pyrrole nitrogens is 1. The van der Waals surface area contributed by atoms with Crippen LogP contribution in [0.5, 0.6) is 0 Å². The van der Waals surface area contributed by atoms with Gasteiger partial charge < -0.3 is 9.88 Å². The van der Waals surface area contributed by atoms with Crippen LogP contribution in [0, 0.1) is 11.8 Å². The van der Waals surface area contributed by atoms with E-state index in [9.17, 15) is 0 Å². The van der Waals surface area contributed by atoms with Crippen molar-refractivity contribution in [3.05, 3.63) is 24.0 Å². The molecule has 3 rings (SSSR count). The third-order valence-corrected chi connectivity index (χ3v) is 5.28. The summed E-state index contributed by atoms with van der Waals surface area (Å²) in [7, 11) is 2.28. The largest absolute Gasteiger partial charge is 0.370 e. The highest BCUT2D eigenvalue weighted by molar-refractivity contribution is 5.91. The lowest BCUT2D eigenvalue weighted by atomic mass is 9.79. The Balaban J connectivity index is 2.03. The number of nitrogens with zero attached hydrogens (tertiary/aromatic N) is 2. The Morgan fingerprint density at radius 3 is 2.90 bits per heavy atom. The van der Waals surface area contributed by atoms with Gasteiger partial charge >= 0.3 is 0 Å². The smallest absolute Gasteiger partial charge is 0.139 e. The predicted octanol–water partition coefficient (Wildman–Crippen LogP) is 4.39. The summed E-state index contributed by atoms with van der Waals surface area (Å²) in [5.74, 6) is 1.60. The van der Waals surface area contributed by atoms with Gasteiger partial charge in [-0.2, -0.15) is 0 Å². The highest BCUT2D eigenvalue weighted by Gasteiger charge is 2.30. The van der Waals surface area contributed by atoms with Crippen molar-refractivity contribution in [2.75, 3.05) is 11.9 Å². The maximum atomic E-state index is 4.55. The van der Waals surface area contributed by atoms with Gasteiger partial charge in [0, 0.05) is 30.9 Å². The van der Waals surface area contributed by atoms with Crippen LogP contribution in [0.4, 0.5) is 5.69 Å². The van der Waals surface area contributed by atoms with Crippen LogP contribution in [0.1, 0.15) is 45.6 Å². The topological polar surface area (TPSA) is 31.9 Å². The number of pyridine rings is 1. The Bertz CT molecular complexity index is 616. The summed E-state index contributed by atoms with van der Waals surface area (Å²) in [5.41, 5.74) is 3.75. The molecule has 1 aliphatic rings. The van der Waals surface area contributed by atoms with Crippen molar-refractivity contribution in [2.45, 2.75) is 52.5 Å². The van der Waals surface area contributed by atoms with Gasteiger partial charge in [-0.1, -0.05) is 27.2 Å². The summed E-state index contributed by atoms with van der Waals surface area (Å²) in [4.78, 5) is 10.3. The Morgan fingerprint density at radius 2 is 2.14 bits per heavy atom. The van der Waals surface area contributed by atoms with Crippen LogP contribution in [-0.4, -0.2) is 23.1 Å². The fourth-order valence-electron chi connectivity index (χ4n) is 3.92. The summed E-state index contributed by atoms with van der Waals surface area (Å²) in [6.45, 7) is 7.03. The molecule has 0 amide bonds. The third kappa shape index (κ3) is 2.54. The van der Waals surface area contributed by atoms with E-state index in [1.54, 1.807) is 0 Å². The second-order valence-corrected chi connectivity index (χ2v) is 6.80. The molecule has 0 aliphatic heterocycles. The zero-order valence-electron chi connectivity index (χ0n) is 13.7. The van der Waals surface area contributed by atoms with Crippen molar-refractivity contribution in [2.24, 2.45) is 11.8 Å². The van der Waals surface area contributed by atoms with Gasteiger partial charge in [0.05, 0.1) is 5.69 Å². The maximum absolute atomic E-state index is 4.55. The minimum Gasteiger partial charge on any atom is -0.370 e. The molecule has 1 saturated carbocycles. The minimum atomic E-state index is 0.638. The first-order valence-corrected chi connectivity index (χ1v) is 8.29. The lowest BCUT2D eigenvalue weighted by Gasteiger charge is -2.41. The fourth-order valence-corrected chi connectivity index (χ4v) is 3.92. The van der Waals surface area contributed by atoms with Gasteiger partial charge in [-0.25, -0.2) is 4.98 Å². The summed E-state index contributed by atoms with van der Waals surface area (Å²) >= 11 is 0. The van der Waals surface area contributed by atoms with Crippen LogP contribution < -0.4 is 4.90 Å². The average Bonchev–Trinajstić information content (AvgIpc) is 2.96. The molecule has 2 aromatic rings. The SMILES string of the molecule is CCc1cnc2[nH]ccc2c1N(C)[C@@H]1C[C@H](C)CC[C@H]1C. The van der Waals surface area contributed by atoms with E-state index in [1.165, 1.54) is 35.9 Å². The van der Waals surface area contributed by atoms with Crippen LogP contribution in [-0.2, 0) is 6.42 Å². The van der Waals surface area contributed by atoms with Gasteiger partial charge in [-0.3, -0.25) is 0 Å². The molecule has 2 aromatic heterocycles. The molecule has 2 heterocycles. The van der Waals surface area contributed by atoms with E-state index < -0.39 is 0 Å². The first kappa shape index (κ1) is 14.4. The summed E-state index contributed by atoms with van der Waals surface area (Å²) in [6.07, 6.45) is 9.10. The molecule has 114 valence electrons. The van der Waals surface area contributed by atoms with Crippen LogP contribution in [0.3, 0.4) is 0 Å². The van der Waals surface area contributed by atoms with Crippen molar-refractivity contribution in [1.82, 2.24) is 9.97 Å². The number of anilines is 1. The number of nitrogens with one attached hydrogen (secondary N) is 1. The zero-order chi connectivity index (χ0) is 15.0. The summed E-state index contributed by atoms with van der Waals surface area (Å²) in [6, 6.07) is 2.81. The van der Waals surface area contributed by atoms with E-state index in [-0.39, 0.29) is 0 Å². The molecule has 0 unspecified atom stereocenters. The zero-order valence-corrected chi connectivity index (χ0v) is 13.7. The molecule has 0 spiro atoms. The average molecular weight is 285 g/mol. The summed E-state index contributed by atoms with van der Waals surface area (Å²) in [5, 5.41) is 1.27. The fraction of sp³-hybridized carbons (Fsp3) is 0.611. The van der Waals surface area contributed by atoms with Crippen molar-refractivity contribution < 1.29 is 0 Å². The van der Waals surface area contributed by atoms with Crippen LogP contribution >= 0.6 is 0 Å². The molecule has 0 bridgehead atoms. The van der Waals surface area contributed by atoms with E-state index in [0.29, 0.717) is 6.04 Å². The molecule has 3 atom stereocenters. The number of fused-ring (bicyclic) bond motifs is 1. The second-order valence-electron chi connectivity index (χ2n) is 6.80. The van der Waals surface area contributed by atoms with E-state index in [1.807, 2.05) is 12.4 Å². The second kappa shape index (κ2) is 5.70. The molecule has 0 saturated heterocycles. The van der Waals surface area contributed by atoms with Crippen molar-refractivity contribution in [3.63, 3.8) is 0 Å². The Hall–Kier alpha value is -1.51. The molecular weight excluding hydrogens is 258 g/mol. The molecule has 1 fully saturated rings. The van der Waals surface area contributed by atoms with Crippen molar-refractivity contribution in [3.8, 4) is 0 Å². The van der Waals surface area contributed by atoms with Gasteiger partial charge in [0.15, 0.2) is 0 Å². The lowest BCUT2D eigenvalue weighted by molar-refractivity contribution is 0.260. The number of aromatic nitrogens is 2. The number of hydrogen-bond donors (Lipinski definition) is 1. The van der Waals surface area contributed by atoms with Gasteiger partial charge in [-0.15, -0.1) is 0 Å². The van der Waals surface area contributed by atoms with Gasteiger partial charge in [0.25, 0.3) is 0 Å². The standard InChI is InChI=1S/C18H27N3/c1-5-14-11-20-18-15(8-9-19-18)17(14)21(4)16-10-12(2)6-7-13(16)3/h8-9,11-13,16H,5-7,10H2,1-4H3,(H,19,20)/t12-,13-,16-/m1/s1. The quantitative estimate of drug-likeness (QED) is 0.907. The molecule has 21 heavy (non-hydrogen) atoms. The predicted molar refractivity (Wildman–Crippen MR) is 89.8 cm³/mol. The number of rotatable bonds is 3. The molecule has 0 aromatic carbocycles. The third-order valence-electron chi connectivity index (χ3n) is 5.28. The van der Waals surface area contributed by atoms with Crippen LogP contribution in [0.25, 0.3) is 11.0 Å². The van der Waals surface area contributed by atoms with Crippen molar-refractivity contribution in [1.29, 1.82) is 0 Å². The van der Waals surface area contributed by atoms with Gasteiger partial charge in [0.2, 0.25) is 0 Å². The van der Waals surface area contributed by atoms with E-state index in [0.717, 1.165) is 23.9 Å². The number of aryl methyl sites for hydroxylation is 1. The first-order chi connectivity index (χ1) is 10.1. The van der Waals surface area contributed by atoms with Crippen molar-refractivity contribution >= 4 is 16.7 Å². The first-order valence-electron chi connectivity index (χ1n) is 8.29. The molecular formula is C18H27N3. The lowest BCUT2D eigenvalue weighted by Crippen LogP contribution is -2.41. The summed E-state index contributed by atoms with van der Waals surface area (Å²) < 4.78 is 0. The Morgan fingerprint density at radius 1 is 1.33 bits per heavy atom. The normalized spacial score (nSPS) is 26.2. The Labute approximate surface area is 127 Å². The molecule has 3 heteroatoms.